The maximum Gasteiger partial charge on any atom is 0.266 e. The fraction of sp³-hybridized carbons (Fsp3) is 0.714. The van der Waals surface area contributed by atoms with E-state index in [2.05, 4.69) is 5.32 Å². The number of carbonyl (C=O) groups excluding carboxylic acids is 1. The molecule has 1 amide bonds. The van der Waals surface area contributed by atoms with Gasteiger partial charge in [-0.05, 0) is 13.8 Å². The van der Waals surface area contributed by atoms with E-state index in [1.807, 2.05) is 19.9 Å². The standard InChI is InChI=1S/C14H23N3O4/c1-11-9-17(10-12(2)21-11)14(19)13(7-15)8-16-3-5-20-6-4-18/h8,11-12,16,18H,3-6,9-10H2,1-2H3/b13-8-. The molecule has 1 fully saturated rings. The number of amides is 1. The van der Waals surface area contributed by atoms with Gasteiger partial charge in [0, 0.05) is 25.8 Å². The maximum absolute atomic E-state index is 12.3. The van der Waals surface area contributed by atoms with Crippen LogP contribution in [-0.2, 0) is 14.3 Å². The van der Waals surface area contributed by atoms with Crippen LogP contribution in [0.25, 0.3) is 0 Å². The second-order valence-corrected chi connectivity index (χ2v) is 4.93. The lowest BCUT2D eigenvalue weighted by Crippen LogP contribution is -2.48. The summed E-state index contributed by atoms with van der Waals surface area (Å²) in [6, 6.07) is 1.92. The highest BCUT2D eigenvalue weighted by molar-refractivity contribution is 5.97. The topological polar surface area (TPSA) is 94.8 Å². The molecule has 21 heavy (non-hydrogen) atoms. The van der Waals surface area contributed by atoms with E-state index in [9.17, 15) is 4.79 Å². The van der Waals surface area contributed by atoms with Crippen LogP contribution in [-0.4, -0.2) is 67.6 Å². The number of hydrogen-bond donors (Lipinski definition) is 2. The fourth-order valence-electron chi connectivity index (χ4n) is 2.13. The number of carbonyl (C=O) groups is 1. The van der Waals surface area contributed by atoms with Crippen molar-refractivity contribution in [2.45, 2.75) is 26.1 Å². The van der Waals surface area contributed by atoms with Crippen LogP contribution < -0.4 is 5.32 Å². The molecule has 7 nitrogen and oxygen atoms in total. The molecular weight excluding hydrogens is 274 g/mol. The normalized spacial score (nSPS) is 22.8. The number of nitrogens with zero attached hydrogens (tertiary/aromatic N) is 2. The summed E-state index contributed by atoms with van der Waals surface area (Å²) in [5.41, 5.74) is 0.0680. The molecule has 0 aromatic rings. The molecule has 0 saturated carbocycles. The summed E-state index contributed by atoms with van der Waals surface area (Å²) in [5.74, 6) is -0.289. The van der Waals surface area contributed by atoms with E-state index >= 15 is 0 Å². The third-order valence-electron chi connectivity index (χ3n) is 2.93. The highest BCUT2D eigenvalue weighted by Crippen LogP contribution is 2.13. The Balaban J connectivity index is 2.47. The van der Waals surface area contributed by atoms with E-state index in [1.54, 1.807) is 4.90 Å². The molecule has 0 bridgehead atoms. The van der Waals surface area contributed by atoms with Gasteiger partial charge in [-0.3, -0.25) is 4.79 Å². The molecule has 2 atom stereocenters. The average Bonchev–Trinajstić information content (AvgIpc) is 2.45. The zero-order chi connectivity index (χ0) is 15.7. The van der Waals surface area contributed by atoms with E-state index in [1.165, 1.54) is 6.20 Å². The van der Waals surface area contributed by atoms with Gasteiger partial charge in [0.2, 0.25) is 0 Å². The van der Waals surface area contributed by atoms with E-state index < -0.39 is 0 Å². The van der Waals surface area contributed by atoms with E-state index in [0.29, 0.717) is 26.2 Å². The van der Waals surface area contributed by atoms with Crippen LogP contribution >= 0.6 is 0 Å². The van der Waals surface area contributed by atoms with Crippen LogP contribution in [0.5, 0.6) is 0 Å². The number of hydrogen-bond acceptors (Lipinski definition) is 6. The lowest BCUT2D eigenvalue weighted by Gasteiger charge is -2.35. The number of nitriles is 1. The minimum atomic E-state index is -0.289. The first-order valence-corrected chi connectivity index (χ1v) is 7.05. The number of nitrogens with one attached hydrogen (secondary N) is 1. The van der Waals surface area contributed by atoms with Gasteiger partial charge in [-0.1, -0.05) is 0 Å². The fourth-order valence-corrected chi connectivity index (χ4v) is 2.13. The van der Waals surface area contributed by atoms with Gasteiger partial charge in [0.15, 0.2) is 0 Å². The zero-order valence-corrected chi connectivity index (χ0v) is 12.5. The quantitative estimate of drug-likeness (QED) is 0.378. The van der Waals surface area contributed by atoms with Crippen molar-refractivity contribution < 1.29 is 19.4 Å². The number of rotatable bonds is 7. The minimum Gasteiger partial charge on any atom is -0.394 e. The number of ether oxygens (including phenoxy) is 2. The van der Waals surface area contributed by atoms with Crippen LogP contribution in [0.2, 0.25) is 0 Å². The first-order valence-electron chi connectivity index (χ1n) is 7.05. The smallest absolute Gasteiger partial charge is 0.266 e. The van der Waals surface area contributed by atoms with Crippen molar-refractivity contribution in [3.63, 3.8) is 0 Å². The monoisotopic (exact) mass is 297 g/mol. The summed E-state index contributed by atoms with van der Waals surface area (Å²) in [4.78, 5) is 13.9. The van der Waals surface area contributed by atoms with Crippen LogP contribution in [0.1, 0.15) is 13.8 Å². The lowest BCUT2D eigenvalue weighted by atomic mass is 10.2. The molecule has 7 heteroatoms. The molecule has 0 aromatic carbocycles. The van der Waals surface area contributed by atoms with Crippen molar-refractivity contribution >= 4 is 5.91 Å². The van der Waals surface area contributed by atoms with Crippen molar-refractivity contribution in [3.8, 4) is 6.07 Å². The molecule has 0 radical (unpaired) electrons. The predicted molar refractivity (Wildman–Crippen MR) is 76.2 cm³/mol. The van der Waals surface area contributed by atoms with Crippen LogP contribution in [0.4, 0.5) is 0 Å². The Morgan fingerprint density at radius 3 is 2.71 bits per heavy atom. The Morgan fingerprint density at radius 1 is 1.48 bits per heavy atom. The van der Waals surface area contributed by atoms with Crippen LogP contribution in [0.15, 0.2) is 11.8 Å². The summed E-state index contributed by atoms with van der Waals surface area (Å²) in [6.07, 6.45) is 1.35. The third kappa shape index (κ3) is 6.12. The molecule has 1 rings (SSSR count). The minimum absolute atomic E-state index is 0.0226. The van der Waals surface area contributed by atoms with Gasteiger partial charge >= 0.3 is 0 Å². The molecule has 2 N–H and O–H groups in total. The van der Waals surface area contributed by atoms with E-state index in [0.717, 1.165) is 0 Å². The first kappa shape index (κ1) is 17.4. The summed E-state index contributed by atoms with van der Waals surface area (Å²) in [6.45, 7) is 5.91. The molecule has 118 valence electrons. The van der Waals surface area contributed by atoms with Gasteiger partial charge in [-0.15, -0.1) is 0 Å². The molecule has 0 spiro atoms. The average molecular weight is 297 g/mol. The number of morpholine rings is 1. The molecule has 1 aliphatic heterocycles. The molecule has 1 saturated heterocycles. The highest BCUT2D eigenvalue weighted by atomic mass is 16.5. The van der Waals surface area contributed by atoms with Gasteiger partial charge in [0.05, 0.1) is 32.0 Å². The largest absolute Gasteiger partial charge is 0.394 e. The van der Waals surface area contributed by atoms with Gasteiger partial charge < -0.3 is 24.8 Å². The molecule has 2 unspecified atom stereocenters. The van der Waals surface area contributed by atoms with Gasteiger partial charge in [-0.25, -0.2) is 0 Å². The van der Waals surface area contributed by atoms with Crippen LogP contribution in [0, 0.1) is 11.3 Å². The predicted octanol–water partition coefficient (Wildman–Crippen LogP) is -0.372. The van der Waals surface area contributed by atoms with Crippen molar-refractivity contribution in [1.29, 1.82) is 5.26 Å². The van der Waals surface area contributed by atoms with Crippen molar-refractivity contribution in [1.82, 2.24) is 10.2 Å². The second kappa shape index (κ2) is 9.34. The highest BCUT2D eigenvalue weighted by Gasteiger charge is 2.27. The van der Waals surface area contributed by atoms with Crippen LogP contribution in [0.3, 0.4) is 0 Å². The second-order valence-electron chi connectivity index (χ2n) is 4.93. The summed E-state index contributed by atoms with van der Waals surface area (Å²) >= 11 is 0. The van der Waals surface area contributed by atoms with Gasteiger partial charge in [-0.2, -0.15) is 5.26 Å². The first-order chi connectivity index (χ1) is 10.1. The SMILES string of the molecule is CC1CN(C(=O)/C(C#N)=C\NCCOCCO)CC(C)O1. The number of aliphatic hydroxyl groups is 1. The van der Waals surface area contributed by atoms with Crippen molar-refractivity contribution in [3.05, 3.63) is 11.8 Å². The number of aliphatic hydroxyl groups excluding tert-OH is 1. The Bertz CT molecular complexity index is 396. The van der Waals surface area contributed by atoms with Crippen molar-refractivity contribution in [2.24, 2.45) is 0 Å². The van der Waals surface area contributed by atoms with Gasteiger partial charge in [0.25, 0.3) is 5.91 Å². The summed E-state index contributed by atoms with van der Waals surface area (Å²) < 4.78 is 10.6. The maximum atomic E-state index is 12.3. The molecule has 0 aliphatic carbocycles. The van der Waals surface area contributed by atoms with E-state index in [-0.39, 0.29) is 36.9 Å². The Labute approximate surface area is 125 Å². The molecule has 1 aliphatic rings. The zero-order valence-electron chi connectivity index (χ0n) is 12.5. The Hall–Kier alpha value is -1.62. The molecule has 0 aromatic heterocycles. The molecular formula is C14H23N3O4. The Morgan fingerprint density at radius 2 is 2.14 bits per heavy atom. The summed E-state index contributed by atoms with van der Waals surface area (Å²) in [5, 5.41) is 20.5. The third-order valence-corrected chi connectivity index (χ3v) is 2.93. The summed E-state index contributed by atoms with van der Waals surface area (Å²) in [7, 11) is 0. The molecule has 1 heterocycles. The van der Waals surface area contributed by atoms with Crippen molar-refractivity contribution in [2.75, 3.05) is 39.5 Å². The van der Waals surface area contributed by atoms with Gasteiger partial charge in [0.1, 0.15) is 11.6 Å². The lowest BCUT2D eigenvalue weighted by molar-refractivity contribution is -0.138. The van der Waals surface area contributed by atoms with E-state index in [4.69, 9.17) is 19.8 Å². The Kier molecular flexibility index (Phi) is 7.75.